The number of aliphatic hydroxyl groups is 3. The van der Waals surface area contributed by atoms with Gasteiger partial charge in [0.25, 0.3) is 0 Å². The summed E-state index contributed by atoms with van der Waals surface area (Å²) >= 11 is 0. The van der Waals surface area contributed by atoms with Crippen molar-refractivity contribution in [1.82, 2.24) is 0 Å². The molecule has 0 saturated heterocycles. The van der Waals surface area contributed by atoms with Crippen LogP contribution in [0.5, 0.6) is 0 Å². The van der Waals surface area contributed by atoms with Gasteiger partial charge in [-0.1, -0.05) is 233 Å². The van der Waals surface area contributed by atoms with E-state index in [1.54, 1.807) is 0 Å². The predicted molar refractivity (Wildman–Crippen MR) is 264 cm³/mol. The molecule has 0 aromatic rings. The first-order valence-electron chi connectivity index (χ1n) is 27.1. The molecule has 0 spiro atoms. The Hall–Kier alpha value is -1.18. The van der Waals surface area contributed by atoms with Gasteiger partial charge < -0.3 is 45.0 Å². The molecule has 3 unspecified atom stereocenters. The second-order valence-electron chi connectivity index (χ2n) is 18.7. The van der Waals surface area contributed by atoms with Crippen molar-refractivity contribution in [2.45, 2.75) is 328 Å². The number of hydrogen-bond donors (Lipinski definition) is 3. The first-order valence-corrected chi connectivity index (χ1v) is 27.1. The van der Waals surface area contributed by atoms with Gasteiger partial charge in [-0.25, -0.2) is 0 Å². The Bertz CT molecular complexity index is 807. The molecule has 0 bridgehead atoms. The normalized spacial score (nSPS) is 12.3. The molecule has 3 atom stereocenters. The van der Waals surface area contributed by atoms with Crippen molar-refractivity contribution in [3.05, 3.63) is 0 Å². The molecule has 3 N–H and O–H groups in total. The second kappa shape index (κ2) is 59.8. The van der Waals surface area contributed by atoms with E-state index in [-0.39, 0.29) is 54.9 Å². The van der Waals surface area contributed by atoms with Crippen LogP contribution in [0.25, 0.3) is 0 Å². The Morgan fingerprint density at radius 1 is 0.281 bits per heavy atom. The quantitative estimate of drug-likeness (QED) is 0.0395. The number of unbranched alkanes of at least 4 members (excludes halogenated alkanes) is 30. The Labute approximate surface area is 406 Å². The molecule has 0 saturated carbocycles. The van der Waals surface area contributed by atoms with Gasteiger partial charge in [-0.05, 0) is 77.0 Å². The molecule has 0 heterocycles. The van der Waals surface area contributed by atoms with Gasteiger partial charge in [0, 0.05) is 17.9 Å². The summed E-state index contributed by atoms with van der Waals surface area (Å²) < 4.78 is 0. The van der Waals surface area contributed by atoms with E-state index in [1.807, 2.05) is 0 Å². The van der Waals surface area contributed by atoms with E-state index >= 15 is 0 Å². The second-order valence-corrected chi connectivity index (χ2v) is 18.7. The smallest absolute Gasteiger partial charge is 0.550 e. The summed E-state index contributed by atoms with van der Waals surface area (Å²) in [5.74, 6) is -2.76. The molecule has 0 aliphatic rings. The number of rotatable bonds is 48. The van der Waals surface area contributed by atoms with Crippen LogP contribution in [0.3, 0.4) is 0 Å². The molecule has 9 nitrogen and oxygen atoms in total. The van der Waals surface area contributed by atoms with Crippen LogP contribution in [0.4, 0.5) is 0 Å². The molecule has 0 aromatic carbocycles. The molecule has 0 aliphatic heterocycles. The van der Waals surface area contributed by atoms with E-state index in [1.165, 1.54) is 154 Å². The standard InChI is InChI=1S/3C18H36O3.Al/c3*1-2-14-17(19)15-12-10-8-6-4-3-5-7-9-11-13-16-18(20)21;/h3*17,19H,2-16H2,1H3,(H,20,21);/q;;;+3/p-3. The third-order valence-electron chi connectivity index (χ3n) is 12.1. The molecule has 0 radical (unpaired) electrons. The number of carbonyl (C=O) groups is 3. The maximum absolute atomic E-state index is 10.2. The van der Waals surface area contributed by atoms with Gasteiger partial charge in [0.05, 0.1) is 18.3 Å². The van der Waals surface area contributed by atoms with E-state index in [4.69, 9.17) is 0 Å². The van der Waals surface area contributed by atoms with E-state index < -0.39 is 17.9 Å². The molecule has 0 rings (SSSR count). The largest absolute Gasteiger partial charge is 3.00 e. The third-order valence-corrected chi connectivity index (χ3v) is 12.1. The predicted octanol–water partition coefficient (Wildman–Crippen LogP) is 11.5. The van der Waals surface area contributed by atoms with Crippen molar-refractivity contribution >= 4 is 35.3 Å². The number of carbonyl (C=O) groups excluding carboxylic acids is 3. The third kappa shape index (κ3) is 69.9. The average molecular weight is 925 g/mol. The Kier molecular flexibility index (Phi) is 64.9. The fourth-order valence-electron chi connectivity index (χ4n) is 8.15. The van der Waals surface area contributed by atoms with E-state index in [0.717, 1.165) is 116 Å². The maximum Gasteiger partial charge on any atom is 3.00 e. The van der Waals surface area contributed by atoms with Crippen LogP contribution < -0.4 is 15.3 Å². The van der Waals surface area contributed by atoms with Crippen molar-refractivity contribution in [2.24, 2.45) is 0 Å². The van der Waals surface area contributed by atoms with E-state index in [0.29, 0.717) is 0 Å². The van der Waals surface area contributed by atoms with Crippen molar-refractivity contribution in [2.75, 3.05) is 0 Å². The summed E-state index contributed by atoms with van der Waals surface area (Å²) in [5, 5.41) is 59.5. The number of hydrogen-bond acceptors (Lipinski definition) is 9. The summed E-state index contributed by atoms with van der Waals surface area (Å²) in [6.45, 7) is 6.35. The number of carboxylic acid groups (broad SMARTS) is 3. The SMILES string of the molecule is CCCC(O)CCCCCCCCCCCCCC(=O)[O-].CCCC(O)CCCCCCCCCCCCCC(=O)[O-].CCCC(O)CCCCCCCCCCCCCC(=O)[O-].[Al+3]. The summed E-state index contributed by atoms with van der Waals surface area (Å²) in [4.78, 5) is 30.7. The zero-order chi connectivity index (χ0) is 47.3. The van der Waals surface area contributed by atoms with Gasteiger partial charge in [-0.3, -0.25) is 0 Å². The first kappa shape index (κ1) is 69.4. The van der Waals surface area contributed by atoms with Gasteiger partial charge in [0.15, 0.2) is 0 Å². The summed E-state index contributed by atoms with van der Waals surface area (Å²) in [5.41, 5.74) is 0. The van der Waals surface area contributed by atoms with Crippen LogP contribution >= 0.6 is 0 Å². The molecule has 0 aliphatic carbocycles. The summed E-state index contributed by atoms with van der Waals surface area (Å²) in [6.07, 6.45) is 48.7. The van der Waals surface area contributed by atoms with Gasteiger partial charge in [-0.2, -0.15) is 0 Å². The Morgan fingerprint density at radius 2 is 0.422 bits per heavy atom. The van der Waals surface area contributed by atoms with Crippen LogP contribution in [-0.4, -0.2) is 68.9 Å². The minimum Gasteiger partial charge on any atom is -0.550 e. The van der Waals surface area contributed by atoms with E-state index in [9.17, 15) is 45.0 Å². The summed E-state index contributed by atoms with van der Waals surface area (Å²) in [6, 6.07) is 0. The topological polar surface area (TPSA) is 181 Å². The average Bonchev–Trinajstić information content (AvgIpc) is 3.23. The minimum atomic E-state index is -0.919. The zero-order valence-electron chi connectivity index (χ0n) is 42.4. The fraction of sp³-hybridized carbons (Fsp3) is 0.944. The molecule has 10 heteroatoms. The molecule has 378 valence electrons. The van der Waals surface area contributed by atoms with Gasteiger partial charge in [0.1, 0.15) is 0 Å². The molecule has 0 fully saturated rings. The number of carboxylic acids is 3. The van der Waals surface area contributed by atoms with Crippen LogP contribution in [0, 0.1) is 0 Å². The Morgan fingerprint density at radius 3 is 0.562 bits per heavy atom. The van der Waals surface area contributed by atoms with Crippen LogP contribution in [0.15, 0.2) is 0 Å². The first-order chi connectivity index (χ1) is 30.5. The number of aliphatic carboxylic acids is 3. The van der Waals surface area contributed by atoms with Crippen molar-refractivity contribution in [3.8, 4) is 0 Å². The minimum absolute atomic E-state index is 0. The van der Waals surface area contributed by atoms with Gasteiger partial charge in [0.2, 0.25) is 0 Å². The molecular weight excluding hydrogens is 820 g/mol. The van der Waals surface area contributed by atoms with Gasteiger partial charge >= 0.3 is 17.4 Å². The van der Waals surface area contributed by atoms with Crippen molar-refractivity contribution in [1.29, 1.82) is 0 Å². The summed E-state index contributed by atoms with van der Waals surface area (Å²) in [7, 11) is 0. The van der Waals surface area contributed by atoms with Crippen LogP contribution in [0.1, 0.15) is 310 Å². The van der Waals surface area contributed by atoms with Crippen molar-refractivity contribution in [3.63, 3.8) is 0 Å². The maximum atomic E-state index is 10.2. The van der Waals surface area contributed by atoms with Gasteiger partial charge in [-0.15, -0.1) is 0 Å². The molecule has 64 heavy (non-hydrogen) atoms. The van der Waals surface area contributed by atoms with Crippen molar-refractivity contribution < 1.29 is 45.0 Å². The van der Waals surface area contributed by atoms with Crippen LogP contribution in [0.2, 0.25) is 0 Å². The van der Waals surface area contributed by atoms with Crippen LogP contribution in [-0.2, 0) is 14.4 Å². The molecule has 0 aromatic heterocycles. The molecule has 0 amide bonds. The monoisotopic (exact) mass is 925 g/mol. The van der Waals surface area contributed by atoms with E-state index in [2.05, 4.69) is 20.8 Å². The Balaban J connectivity index is -0.000000419. The zero-order valence-corrected chi connectivity index (χ0v) is 43.6. The molecular formula is C54H105AlO9. The fourth-order valence-corrected chi connectivity index (χ4v) is 8.15. The number of aliphatic hydroxyl groups excluding tert-OH is 3.